The van der Waals surface area contributed by atoms with E-state index in [0.29, 0.717) is 25.0 Å². The van der Waals surface area contributed by atoms with Crippen molar-refractivity contribution in [2.45, 2.75) is 58.7 Å². The second kappa shape index (κ2) is 7.64. The Hall–Kier alpha value is -1.30. The highest BCUT2D eigenvalue weighted by molar-refractivity contribution is 5.75. The molecule has 0 aliphatic carbocycles. The first-order chi connectivity index (χ1) is 9.73. The van der Waals surface area contributed by atoms with Crippen molar-refractivity contribution < 1.29 is 14.7 Å². The lowest BCUT2D eigenvalue weighted by molar-refractivity contribution is -0.137. The lowest BCUT2D eigenvalue weighted by Gasteiger charge is -2.44. The zero-order valence-corrected chi connectivity index (χ0v) is 13.9. The van der Waals surface area contributed by atoms with Crippen LogP contribution in [0.25, 0.3) is 0 Å². The molecule has 0 bridgehead atoms. The van der Waals surface area contributed by atoms with Gasteiger partial charge in [0.05, 0.1) is 0 Å². The SMILES string of the molecule is CC(C)N(CCCC(=O)O)C(=O)N1CC(C)N(C)C(C)C1. The summed E-state index contributed by atoms with van der Waals surface area (Å²) in [4.78, 5) is 29.3. The number of piperazine rings is 1. The number of hydrogen-bond donors (Lipinski definition) is 1. The normalized spacial score (nSPS) is 23.4. The molecule has 0 aromatic rings. The van der Waals surface area contributed by atoms with Crippen molar-refractivity contribution in [1.29, 1.82) is 0 Å². The van der Waals surface area contributed by atoms with Crippen LogP contribution in [0.1, 0.15) is 40.5 Å². The van der Waals surface area contributed by atoms with Gasteiger partial charge >= 0.3 is 12.0 Å². The van der Waals surface area contributed by atoms with Crippen LogP contribution in [0.2, 0.25) is 0 Å². The molecule has 1 N–H and O–H groups in total. The number of rotatable bonds is 5. The molecule has 0 saturated carbocycles. The quantitative estimate of drug-likeness (QED) is 0.839. The predicted octanol–water partition coefficient (Wildman–Crippen LogP) is 1.71. The summed E-state index contributed by atoms with van der Waals surface area (Å²) in [6.07, 6.45) is 0.601. The van der Waals surface area contributed by atoms with Gasteiger partial charge < -0.3 is 14.9 Å². The zero-order valence-electron chi connectivity index (χ0n) is 13.9. The van der Waals surface area contributed by atoms with Crippen molar-refractivity contribution in [3.8, 4) is 0 Å². The summed E-state index contributed by atoms with van der Waals surface area (Å²) in [7, 11) is 2.09. The Balaban J connectivity index is 2.65. The summed E-state index contributed by atoms with van der Waals surface area (Å²) in [6, 6.07) is 0.787. The van der Waals surface area contributed by atoms with Gasteiger partial charge in [-0.3, -0.25) is 9.69 Å². The van der Waals surface area contributed by atoms with Gasteiger partial charge in [-0.1, -0.05) is 0 Å². The van der Waals surface area contributed by atoms with E-state index < -0.39 is 5.97 Å². The number of amides is 2. The van der Waals surface area contributed by atoms with E-state index in [1.165, 1.54) is 0 Å². The van der Waals surface area contributed by atoms with E-state index in [9.17, 15) is 9.59 Å². The predicted molar refractivity (Wildman–Crippen MR) is 82.4 cm³/mol. The molecule has 122 valence electrons. The fraction of sp³-hybridized carbons (Fsp3) is 0.867. The van der Waals surface area contributed by atoms with Crippen LogP contribution in [0.5, 0.6) is 0 Å². The molecule has 21 heavy (non-hydrogen) atoms. The van der Waals surface area contributed by atoms with E-state index in [-0.39, 0.29) is 18.5 Å². The van der Waals surface area contributed by atoms with Crippen molar-refractivity contribution in [1.82, 2.24) is 14.7 Å². The van der Waals surface area contributed by atoms with E-state index >= 15 is 0 Å². The Morgan fingerprint density at radius 1 is 1.24 bits per heavy atom. The number of nitrogens with zero attached hydrogens (tertiary/aromatic N) is 3. The third-order valence-electron chi connectivity index (χ3n) is 4.29. The smallest absolute Gasteiger partial charge is 0.320 e. The maximum atomic E-state index is 12.7. The molecule has 0 aromatic carbocycles. The Labute approximate surface area is 127 Å². The highest BCUT2D eigenvalue weighted by Crippen LogP contribution is 2.16. The Morgan fingerprint density at radius 2 is 1.76 bits per heavy atom. The first-order valence-electron chi connectivity index (χ1n) is 7.73. The topological polar surface area (TPSA) is 64.1 Å². The maximum absolute atomic E-state index is 12.7. The van der Waals surface area contributed by atoms with Gasteiger partial charge in [-0.25, -0.2) is 4.79 Å². The second-order valence-electron chi connectivity index (χ2n) is 6.34. The standard InChI is InChI=1S/C15H29N3O3/c1-11(2)18(8-6-7-14(19)20)15(21)17-9-12(3)16(5)13(4)10-17/h11-13H,6-10H2,1-5H3,(H,19,20). The van der Waals surface area contributed by atoms with Gasteiger partial charge in [0, 0.05) is 44.2 Å². The molecule has 2 amide bonds. The van der Waals surface area contributed by atoms with Crippen molar-refractivity contribution in [3.05, 3.63) is 0 Å². The van der Waals surface area contributed by atoms with Gasteiger partial charge in [-0.05, 0) is 41.2 Å². The van der Waals surface area contributed by atoms with Crippen molar-refractivity contribution >= 4 is 12.0 Å². The minimum absolute atomic E-state index is 0.0298. The molecule has 2 unspecified atom stereocenters. The molecule has 1 saturated heterocycles. The van der Waals surface area contributed by atoms with Gasteiger partial charge in [-0.2, -0.15) is 0 Å². The van der Waals surface area contributed by atoms with Crippen molar-refractivity contribution in [3.63, 3.8) is 0 Å². The summed E-state index contributed by atoms with van der Waals surface area (Å²) in [6.45, 7) is 10.1. The second-order valence-corrected chi connectivity index (χ2v) is 6.34. The van der Waals surface area contributed by atoms with Gasteiger partial charge in [0.1, 0.15) is 0 Å². The van der Waals surface area contributed by atoms with Crippen LogP contribution in [-0.4, -0.2) is 76.6 Å². The van der Waals surface area contributed by atoms with Crippen molar-refractivity contribution in [2.75, 3.05) is 26.7 Å². The molecule has 2 atom stereocenters. The maximum Gasteiger partial charge on any atom is 0.320 e. The van der Waals surface area contributed by atoms with Gasteiger partial charge in [0.2, 0.25) is 0 Å². The fourth-order valence-corrected chi connectivity index (χ4v) is 2.72. The number of aliphatic carboxylic acids is 1. The fourth-order valence-electron chi connectivity index (χ4n) is 2.72. The molecule has 1 aliphatic rings. The number of urea groups is 1. The van der Waals surface area contributed by atoms with Crippen LogP contribution < -0.4 is 0 Å². The van der Waals surface area contributed by atoms with Crippen LogP contribution in [-0.2, 0) is 4.79 Å². The number of hydrogen-bond acceptors (Lipinski definition) is 3. The van der Waals surface area contributed by atoms with Crippen LogP contribution in [0.4, 0.5) is 4.79 Å². The zero-order chi connectivity index (χ0) is 16.2. The first-order valence-corrected chi connectivity index (χ1v) is 7.73. The highest BCUT2D eigenvalue weighted by Gasteiger charge is 2.32. The Kier molecular flexibility index (Phi) is 6.45. The summed E-state index contributed by atoms with van der Waals surface area (Å²) < 4.78 is 0. The van der Waals surface area contributed by atoms with E-state index in [4.69, 9.17) is 5.11 Å². The number of carboxylic acid groups (broad SMARTS) is 1. The number of carbonyl (C=O) groups is 2. The lowest BCUT2D eigenvalue weighted by Crippen LogP contribution is -2.59. The Bertz CT molecular complexity index is 361. The summed E-state index contributed by atoms with van der Waals surface area (Å²) in [5.41, 5.74) is 0. The van der Waals surface area contributed by atoms with Crippen molar-refractivity contribution in [2.24, 2.45) is 0 Å². The number of carbonyl (C=O) groups excluding carboxylic acids is 1. The molecular formula is C15H29N3O3. The molecule has 1 fully saturated rings. The molecule has 0 spiro atoms. The average molecular weight is 299 g/mol. The molecule has 1 aliphatic heterocycles. The summed E-state index contributed by atoms with van der Waals surface area (Å²) >= 11 is 0. The average Bonchev–Trinajstić information content (AvgIpc) is 2.39. The van der Waals surface area contributed by atoms with E-state index in [2.05, 4.69) is 25.8 Å². The first kappa shape index (κ1) is 17.8. The molecule has 0 radical (unpaired) electrons. The van der Waals surface area contributed by atoms with Gasteiger partial charge in [-0.15, -0.1) is 0 Å². The van der Waals surface area contributed by atoms with Gasteiger partial charge in [0.15, 0.2) is 0 Å². The third kappa shape index (κ3) is 4.88. The highest BCUT2D eigenvalue weighted by atomic mass is 16.4. The monoisotopic (exact) mass is 299 g/mol. The number of carboxylic acids is 1. The molecule has 6 nitrogen and oxygen atoms in total. The molecular weight excluding hydrogens is 270 g/mol. The minimum Gasteiger partial charge on any atom is -0.481 e. The summed E-state index contributed by atoms with van der Waals surface area (Å²) in [5, 5.41) is 8.73. The molecule has 0 aromatic heterocycles. The third-order valence-corrected chi connectivity index (χ3v) is 4.29. The van der Waals surface area contributed by atoms with E-state index in [0.717, 1.165) is 13.1 Å². The molecule has 6 heteroatoms. The van der Waals surface area contributed by atoms with Crippen LogP contribution in [0.3, 0.4) is 0 Å². The van der Waals surface area contributed by atoms with Crippen LogP contribution in [0, 0.1) is 0 Å². The van der Waals surface area contributed by atoms with E-state index in [1.807, 2.05) is 18.7 Å². The largest absolute Gasteiger partial charge is 0.481 e. The molecule has 1 rings (SSSR count). The Morgan fingerprint density at radius 3 is 2.19 bits per heavy atom. The minimum atomic E-state index is -0.812. The molecule has 1 heterocycles. The van der Waals surface area contributed by atoms with Crippen LogP contribution in [0.15, 0.2) is 0 Å². The van der Waals surface area contributed by atoms with E-state index in [1.54, 1.807) is 4.90 Å². The van der Waals surface area contributed by atoms with Gasteiger partial charge in [0.25, 0.3) is 0 Å². The lowest BCUT2D eigenvalue weighted by atomic mass is 10.1. The van der Waals surface area contributed by atoms with Crippen LogP contribution >= 0.6 is 0 Å². The summed E-state index contributed by atoms with van der Waals surface area (Å²) in [5.74, 6) is -0.812. The number of likely N-dealkylation sites (N-methyl/N-ethyl adjacent to an activating group) is 1.